The van der Waals surface area contributed by atoms with Gasteiger partial charge in [0.2, 0.25) is 0 Å². The van der Waals surface area contributed by atoms with Crippen LogP contribution in [-0.2, 0) is 6.54 Å². The number of nitrogens with one attached hydrogen (secondary N) is 2. The number of anilines is 1. The molecule has 0 saturated heterocycles. The lowest BCUT2D eigenvalue weighted by Gasteiger charge is -2.06. The Morgan fingerprint density at radius 1 is 1.38 bits per heavy atom. The van der Waals surface area contributed by atoms with Crippen LogP contribution in [0.1, 0.15) is 5.56 Å². The number of pyridine rings is 1. The summed E-state index contributed by atoms with van der Waals surface area (Å²) < 4.78 is 0.455. The van der Waals surface area contributed by atoms with Crippen LogP contribution >= 0.6 is 15.9 Å². The van der Waals surface area contributed by atoms with Gasteiger partial charge in [0.25, 0.3) is 5.56 Å². The predicted octanol–water partition coefficient (Wildman–Crippen LogP) is 1.54. The Kier molecular flexibility index (Phi) is 3.31. The van der Waals surface area contributed by atoms with Crippen molar-refractivity contribution in [1.29, 1.82) is 0 Å². The Hall–Kier alpha value is -1.69. The van der Waals surface area contributed by atoms with E-state index in [4.69, 9.17) is 0 Å². The monoisotopic (exact) mass is 280 g/mol. The van der Waals surface area contributed by atoms with E-state index in [9.17, 15) is 4.79 Å². The first-order valence-electron chi connectivity index (χ1n) is 4.63. The average molecular weight is 281 g/mol. The number of rotatable bonds is 3. The van der Waals surface area contributed by atoms with Gasteiger partial charge in [-0.1, -0.05) is 0 Å². The van der Waals surface area contributed by atoms with Crippen LogP contribution in [0.3, 0.4) is 0 Å². The predicted molar refractivity (Wildman–Crippen MR) is 64.1 cm³/mol. The second-order valence-electron chi connectivity index (χ2n) is 3.14. The maximum Gasteiger partial charge on any atom is 0.280 e. The molecule has 0 atom stereocenters. The van der Waals surface area contributed by atoms with E-state index in [1.165, 1.54) is 0 Å². The van der Waals surface area contributed by atoms with Crippen LogP contribution in [0.4, 0.5) is 5.69 Å². The van der Waals surface area contributed by atoms with E-state index in [-0.39, 0.29) is 5.56 Å². The van der Waals surface area contributed by atoms with Gasteiger partial charge in [0, 0.05) is 18.9 Å². The third kappa shape index (κ3) is 2.46. The molecular weight excluding hydrogens is 272 g/mol. The second-order valence-corrected chi connectivity index (χ2v) is 3.93. The average Bonchev–Trinajstić information content (AvgIpc) is 2.32. The standard InChI is InChI=1S/C10H9BrN4O/c11-9-8(6-14-15-10(9)16)13-5-7-1-3-12-4-2-7/h1-4,6H,5H2,(H2,13,15,16). The van der Waals surface area contributed by atoms with Crippen LogP contribution in [0.15, 0.2) is 40.0 Å². The molecule has 0 aliphatic rings. The molecule has 0 aliphatic heterocycles. The fourth-order valence-electron chi connectivity index (χ4n) is 1.20. The van der Waals surface area contributed by atoms with Gasteiger partial charge in [0.05, 0.1) is 11.9 Å². The van der Waals surface area contributed by atoms with Crippen molar-refractivity contribution >= 4 is 21.6 Å². The summed E-state index contributed by atoms with van der Waals surface area (Å²) in [5.41, 5.74) is 1.50. The molecule has 0 spiro atoms. The molecule has 5 nitrogen and oxygen atoms in total. The van der Waals surface area contributed by atoms with E-state index in [1.807, 2.05) is 12.1 Å². The summed E-state index contributed by atoms with van der Waals surface area (Å²) in [7, 11) is 0. The highest BCUT2D eigenvalue weighted by atomic mass is 79.9. The Bertz CT molecular complexity index is 526. The van der Waals surface area contributed by atoms with Gasteiger partial charge in [-0.3, -0.25) is 9.78 Å². The third-order valence-corrected chi connectivity index (χ3v) is 2.82. The molecule has 6 heteroatoms. The molecule has 0 fully saturated rings. The van der Waals surface area contributed by atoms with E-state index >= 15 is 0 Å². The largest absolute Gasteiger partial charge is 0.379 e. The summed E-state index contributed by atoms with van der Waals surface area (Å²) in [4.78, 5) is 15.2. The van der Waals surface area contributed by atoms with Crippen LogP contribution < -0.4 is 10.9 Å². The fourth-order valence-corrected chi connectivity index (χ4v) is 1.54. The summed E-state index contributed by atoms with van der Waals surface area (Å²) in [5.74, 6) is 0. The van der Waals surface area contributed by atoms with Crippen LogP contribution in [0.5, 0.6) is 0 Å². The number of H-pyrrole nitrogens is 1. The molecule has 0 amide bonds. The van der Waals surface area contributed by atoms with Gasteiger partial charge in [-0.15, -0.1) is 0 Å². The zero-order valence-electron chi connectivity index (χ0n) is 8.27. The molecule has 0 radical (unpaired) electrons. The Morgan fingerprint density at radius 3 is 2.88 bits per heavy atom. The van der Waals surface area contributed by atoms with Gasteiger partial charge >= 0.3 is 0 Å². The quantitative estimate of drug-likeness (QED) is 0.895. The molecule has 2 aromatic heterocycles. The first kappa shape index (κ1) is 10.8. The number of nitrogens with zero attached hydrogens (tertiary/aromatic N) is 2. The van der Waals surface area contributed by atoms with Crippen molar-refractivity contribution in [1.82, 2.24) is 15.2 Å². The van der Waals surface area contributed by atoms with Crippen LogP contribution in [0.2, 0.25) is 0 Å². The lowest BCUT2D eigenvalue weighted by Crippen LogP contribution is -2.12. The second kappa shape index (κ2) is 4.89. The van der Waals surface area contributed by atoms with Crippen molar-refractivity contribution in [3.8, 4) is 0 Å². The van der Waals surface area contributed by atoms with Gasteiger partial charge in [0.15, 0.2) is 0 Å². The Morgan fingerprint density at radius 2 is 2.12 bits per heavy atom. The van der Waals surface area contributed by atoms with E-state index in [1.54, 1.807) is 18.6 Å². The summed E-state index contributed by atoms with van der Waals surface area (Å²) in [6, 6.07) is 3.81. The molecule has 2 rings (SSSR count). The van der Waals surface area contributed by atoms with E-state index in [2.05, 4.69) is 36.4 Å². The zero-order chi connectivity index (χ0) is 11.4. The van der Waals surface area contributed by atoms with E-state index in [0.717, 1.165) is 5.56 Å². The number of aromatic amines is 1. The SMILES string of the molecule is O=c1[nH]ncc(NCc2ccncc2)c1Br. The zero-order valence-corrected chi connectivity index (χ0v) is 9.86. The highest BCUT2D eigenvalue weighted by Crippen LogP contribution is 2.16. The summed E-state index contributed by atoms with van der Waals surface area (Å²) in [6.45, 7) is 0.617. The van der Waals surface area contributed by atoms with Crippen molar-refractivity contribution in [3.63, 3.8) is 0 Å². The van der Waals surface area contributed by atoms with Crippen LogP contribution in [-0.4, -0.2) is 15.2 Å². The summed E-state index contributed by atoms with van der Waals surface area (Å²) in [5, 5.41) is 9.16. The topological polar surface area (TPSA) is 70.7 Å². The first-order chi connectivity index (χ1) is 7.77. The molecule has 0 saturated carbocycles. The van der Waals surface area contributed by atoms with Crippen molar-refractivity contribution in [2.75, 3.05) is 5.32 Å². The molecule has 0 bridgehead atoms. The number of aromatic nitrogens is 3. The lowest BCUT2D eigenvalue weighted by atomic mass is 10.2. The third-order valence-electron chi connectivity index (χ3n) is 2.03. The Balaban J connectivity index is 2.11. The minimum atomic E-state index is -0.250. The van der Waals surface area contributed by atoms with Gasteiger partial charge < -0.3 is 5.32 Å². The smallest absolute Gasteiger partial charge is 0.280 e. The molecule has 16 heavy (non-hydrogen) atoms. The first-order valence-corrected chi connectivity index (χ1v) is 5.42. The summed E-state index contributed by atoms with van der Waals surface area (Å²) in [6.07, 6.45) is 5.01. The fraction of sp³-hybridized carbons (Fsp3) is 0.100. The number of hydrogen-bond donors (Lipinski definition) is 2. The highest BCUT2D eigenvalue weighted by Gasteiger charge is 2.03. The molecule has 0 unspecified atom stereocenters. The van der Waals surface area contributed by atoms with Gasteiger partial charge in [-0.25, -0.2) is 5.10 Å². The molecule has 0 aliphatic carbocycles. The van der Waals surface area contributed by atoms with Crippen molar-refractivity contribution in [2.45, 2.75) is 6.54 Å². The van der Waals surface area contributed by atoms with Gasteiger partial charge in [-0.05, 0) is 33.6 Å². The molecule has 0 aromatic carbocycles. The highest BCUT2D eigenvalue weighted by molar-refractivity contribution is 9.10. The van der Waals surface area contributed by atoms with Crippen LogP contribution in [0.25, 0.3) is 0 Å². The molecule has 2 heterocycles. The molecule has 2 N–H and O–H groups in total. The minimum absolute atomic E-state index is 0.250. The maximum atomic E-state index is 11.2. The normalized spacial score (nSPS) is 10.1. The minimum Gasteiger partial charge on any atom is -0.379 e. The Labute approximate surface area is 100 Å². The van der Waals surface area contributed by atoms with Crippen molar-refractivity contribution in [2.24, 2.45) is 0 Å². The van der Waals surface area contributed by atoms with Crippen molar-refractivity contribution < 1.29 is 0 Å². The molecule has 2 aromatic rings. The lowest BCUT2D eigenvalue weighted by molar-refractivity contribution is 0.971. The van der Waals surface area contributed by atoms with Crippen molar-refractivity contribution in [3.05, 3.63) is 51.1 Å². The number of halogens is 1. The van der Waals surface area contributed by atoms with Crippen LogP contribution in [0, 0.1) is 0 Å². The summed E-state index contributed by atoms with van der Waals surface area (Å²) >= 11 is 3.20. The maximum absolute atomic E-state index is 11.2. The van der Waals surface area contributed by atoms with E-state index in [0.29, 0.717) is 16.7 Å². The van der Waals surface area contributed by atoms with E-state index < -0.39 is 0 Å². The number of hydrogen-bond acceptors (Lipinski definition) is 4. The van der Waals surface area contributed by atoms with Gasteiger partial charge in [-0.2, -0.15) is 5.10 Å². The molecule has 82 valence electrons. The van der Waals surface area contributed by atoms with Gasteiger partial charge in [0.1, 0.15) is 4.47 Å². The molecular formula is C10H9BrN4O.